The van der Waals surface area contributed by atoms with Gasteiger partial charge >= 0.3 is 0 Å². The van der Waals surface area contributed by atoms with E-state index in [9.17, 15) is 0 Å². The summed E-state index contributed by atoms with van der Waals surface area (Å²) >= 11 is 0. The summed E-state index contributed by atoms with van der Waals surface area (Å²) in [5.74, 6) is 2.77. The Morgan fingerprint density at radius 3 is 1.18 bits per heavy atom. The first-order valence-corrected chi connectivity index (χ1v) is 17.9. The Kier molecular flexibility index (Phi) is 6.99. The van der Waals surface area contributed by atoms with Crippen molar-refractivity contribution in [1.82, 2.24) is 24.9 Å². The molecule has 0 N–H and O–H groups in total. The zero-order valence-corrected chi connectivity index (χ0v) is 29.0. The van der Waals surface area contributed by atoms with Crippen LogP contribution in [0.4, 0.5) is 0 Å². The zero-order valence-electron chi connectivity index (χ0n) is 29.0. The van der Waals surface area contributed by atoms with Gasteiger partial charge in [0, 0.05) is 38.6 Å². The van der Waals surface area contributed by atoms with Gasteiger partial charge in [-0.15, -0.1) is 0 Å². The first kappa shape index (κ1) is 30.9. The molecule has 7 aromatic carbocycles. The highest BCUT2D eigenvalue weighted by Gasteiger charge is 2.16. The number of aromatic nitrogens is 5. The van der Waals surface area contributed by atoms with E-state index in [0.29, 0.717) is 29.3 Å². The quantitative estimate of drug-likeness (QED) is 0.168. The van der Waals surface area contributed by atoms with Crippen LogP contribution < -0.4 is 0 Å². The highest BCUT2D eigenvalue weighted by atomic mass is 16.4. The van der Waals surface area contributed by atoms with E-state index >= 15 is 0 Å². The maximum Gasteiger partial charge on any atom is 0.227 e. The zero-order chi connectivity index (χ0) is 36.3. The molecule has 0 aliphatic heterocycles. The van der Waals surface area contributed by atoms with Crippen LogP contribution in [0.2, 0.25) is 0 Å². The van der Waals surface area contributed by atoms with E-state index in [1.165, 1.54) is 0 Å². The molecule has 11 rings (SSSR count). The molecule has 0 radical (unpaired) electrons. The lowest BCUT2D eigenvalue weighted by atomic mass is 10.0. The molecule has 55 heavy (non-hydrogen) atoms. The van der Waals surface area contributed by atoms with Gasteiger partial charge in [0.2, 0.25) is 11.8 Å². The first-order chi connectivity index (χ1) is 27.2. The third-order valence-electron chi connectivity index (χ3n) is 9.86. The van der Waals surface area contributed by atoms with Crippen molar-refractivity contribution in [2.45, 2.75) is 0 Å². The highest BCUT2D eigenvalue weighted by molar-refractivity contribution is 6.05. The minimum absolute atomic E-state index is 0.548. The predicted octanol–water partition coefficient (Wildman–Crippen LogP) is 12.1. The van der Waals surface area contributed by atoms with E-state index in [4.69, 9.17) is 28.2 Å². The topological polar surface area (TPSA) is 104 Å². The van der Waals surface area contributed by atoms with Crippen LogP contribution in [0, 0.1) is 0 Å². The van der Waals surface area contributed by atoms with E-state index in [1.807, 2.05) is 127 Å². The van der Waals surface area contributed by atoms with E-state index in [2.05, 4.69) is 46.4 Å². The van der Waals surface area contributed by atoms with Crippen LogP contribution in [-0.2, 0) is 0 Å². The smallest absolute Gasteiger partial charge is 0.227 e. The number of nitrogens with zero attached hydrogens (tertiary/aromatic N) is 5. The van der Waals surface area contributed by atoms with Gasteiger partial charge in [0.15, 0.2) is 28.6 Å². The molecule has 0 aliphatic carbocycles. The molecule has 0 atom stereocenters. The third-order valence-corrected chi connectivity index (χ3v) is 9.86. The molecule has 258 valence electrons. The van der Waals surface area contributed by atoms with Crippen LogP contribution in [0.15, 0.2) is 177 Å². The molecule has 11 aromatic rings. The number of hydrogen-bond donors (Lipinski definition) is 0. The standard InChI is InChI=1S/C47H27N5O3/c1-4-10-39-35(7-1)36-26-25-34(27-42(36)53-39)28-13-15-29(16-14-28)43-50-44(30-17-21-32(22-18-30)46-48-37-8-2-5-11-40(37)54-46)52-45(51-43)31-19-23-33(24-20-31)47-49-38-9-3-6-12-41(38)55-47/h1-27H. The van der Waals surface area contributed by atoms with E-state index in [1.54, 1.807) is 0 Å². The molecule has 0 unspecified atom stereocenters. The molecule has 8 heteroatoms. The summed E-state index contributed by atoms with van der Waals surface area (Å²) in [6.07, 6.45) is 0. The van der Waals surface area contributed by atoms with Gasteiger partial charge in [-0.3, -0.25) is 0 Å². The van der Waals surface area contributed by atoms with E-state index < -0.39 is 0 Å². The van der Waals surface area contributed by atoms with Crippen LogP contribution in [0.1, 0.15) is 0 Å². The van der Waals surface area contributed by atoms with Gasteiger partial charge in [-0.1, -0.05) is 97.1 Å². The molecule has 0 amide bonds. The highest BCUT2D eigenvalue weighted by Crippen LogP contribution is 2.34. The van der Waals surface area contributed by atoms with Crippen molar-refractivity contribution < 1.29 is 13.3 Å². The molecule has 4 heterocycles. The number of furan rings is 1. The average molecular weight is 710 g/mol. The van der Waals surface area contributed by atoms with Crippen molar-refractivity contribution >= 4 is 44.1 Å². The minimum atomic E-state index is 0.548. The van der Waals surface area contributed by atoms with Crippen molar-refractivity contribution in [2.75, 3.05) is 0 Å². The van der Waals surface area contributed by atoms with E-state index in [0.717, 1.165) is 83.1 Å². The van der Waals surface area contributed by atoms with Gasteiger partial charge in [0.1, 0.15) is 22.2 Å². The fourth-order valence-electron chi connectivity index (χ4n) is 7.00. The van der Waals surface area contributed by atoms with Crippen LogP contribution in [0.25, 0.3) is 112 Å². The van der Waals surface area contributed by atoms with Crippen molar-refractivity contribution in [1.29, 1.82) is 0 Å². The van der Waals surface area contributed by atoms with Gasteiger partial charge in [0.05, 0.1) is 0 Å². The maximum absolute atomic E-state index is 6.17. The number of para-hydroxylation sites is 5. The first-order valence-electron chi connectivity index (χ1n) is 17.9. The van der Waals surface area contributed by atoms with Crippen molar-refractivity contribution in [3.63, 3.8) is 0 Å². The molecule has 0 aliphatic rings. The summed E-state index contributed by atoms with van der Waals surface area (Å²) in [7, 11) is 0. The monoisotopic (exact) mass is 709 g/mol. The summed E-state index contributed by atoms with van der Waals surface area (Å²) in [6.45, 7) is 0. The SMILES string of the molecule is c1ccc2oc(-c3ccc(-c4nc(-c5ccc(-c6ccc7c(c6)oc6ccccc67)cc5)nc(-c5ccc(-c6nc7ccccc7o6)cc5)n4)cc3)nc2c1. The molecular formula is C47H27N5O3. The number of oxazole rings is 2. The second kappa shape index (κ2) is 12.5. The summed E-state index contributed by atoms with van der Waals surface area (Å²) in [6, 6.07) is 54.1. The molecule has 8 nitrogen and oxygen atoms in total. The van der Waals surface area contributed by atoms with Gasteiger partial charge in [-0.05, 0) is 77.9 Å². The fourth-order valence-corrected chi connectivity index (χ4v) is 7.00. The third kappa shape index (κ3) is 5.52. The normalized spacial score (nSPS) is 11.6. The Balaban J connectivity index is 0.963. The van der Waals surface area contributed by atoms with Crippen LogP contribution in [-0.4, -0.2) is 24.9 Å². The molecule has 0 saturated carbocycles. The summed E-state index contributed by atoms with van der Waals surface area (Å²) in [4.78, 5) is 24.3. The van der Waals surface area contributed by atoms with Crippen LogP contribution in [0.3, 0.4) is 0 Å². The average Bonchev–Trinajstić information content (AvgIpc) is 3.99. The molecule has 0 fully saturated rings. The van der Waals surface area contributed by atoms with Gasteiger partial charge in [-0.25, -0.2) is 24.9 Å². The molecule has 4 aromatic heterocycles. The van der Waals surface area contributed by atoms with Crippen LogP contribution in [0.5, 0.6) is 0 Å². The lowest BCUT2D eigenvalue weighted by Crippen LogP contribution is -2.00. The Labute approximate surface area is 313 Å². The summed E-state index contributed by atoms with van der Waals surface area (Å²) in [5, 5.41) is 2.22. The Morgan fingerprint density at radius 1 is 0.273 bits per heavy atom. The summed E-state index contributed by atoms with van der Waals surface area (Å²) in [5.41, 5.74) is 11.3. The van der Waals surface area contributed by atoms with Crippen molar-refractivity contribution in [3.8, 4) is 68.2 Å². The van der Waals surface area contributed by atoms with Gasteiger partial charge in [0.25, 0.3) is 0 Å². The number of benzene rings is 7. The second-order valence-electron chi connectivity index (χ2n) is 13.3. The van der Waals surface area contributed by atoms with E-state index in [-0.39, 0.29) is 0 Å². The predicted molar refractivity (Wildman–Crippen MR) is 215 cm³/mol. The maximum atomic E-state index is 6.17. The van der Waals surface area contributed by atoms with Crippen molar-refractivity contribution in [2.24, 2.45) is 0 Å². The van der Waals surface area contributed by atoms with Crippen molar-refractivity contribution in [3.05, 3.63) is 164 Å². The Bertz CT molecular complexity index is 3000. The number of rotatable bonds is 6. The largest absolute Gasteiger partial charge is 0.456 e. The van der Waals surface area contributed by atoms with Gasteiger partial charge < -0.3 is 13.3 Å². The molecule has 0 bridgehead atoms. The molecular weight excluding hydrogens is 683 g/mol. The lowest BCUT2D eigenvalue weighted by Gasteiger charge is -2.10. The minimum Gasteiger partial charge on any atom is -0.456 e. The number of fused-ring (bicyclic) bond motifs is 5. The molecule has 0 saturated heterocycles. The summed E-state index contributed by atoms with van der Waals surface area (Å²) < 4.78 is 18.2. The van der Waals surface area contributed by atoms with Crippen LogP contribution >= 0.6 is 0 Å². The fraction of sp³-hybridized carbons (Fsp3) is 0. The lowest BCUT2D eigenvalue weighted by molar-refractivity contribution is 0.619. The van der Waals surface area contributed by atoms with Gasteiger partial charge in [-0.2, -0.15) is 0 Å². The number of hydrogen-bond acceptors (Lipinski definition) is 8. The Hall–Kier alpha value is -7.71. The second-order valence-corrected chi connectivity index (χ2v) is 13.3. The Morgan fingerprint density at radius 2 is 0.673 bits per heavy atom. The molecule has 0 spiro atoms.